The number of aliphatic hydroxyl groups is 1. The van der Waals surface area contributed by atoms with Crippen molar-refractivity contribution in [3.8, 4) is 5.75 Å². The fourth-order valence-corrected chi connectivity index (χ4v) is 5.12. The van der Waals surface area contributed by atoms with E-state index in [9.17, 15) is 18.3 Å². The van der Waals surface area contributed by atoms with Crippen LogP contribution in [0.15, 0.2) is 12.1 Å². The zero-order valence-electron chi connectivity index (χ0n) is 18.9. The normalized spacial score (nSPS) is 21.9. The second-order valence-corrected chi connectivity index (χ2v) is 9.48. The molecule has 1 aromatic carbocycles. The number of rotatable bonds is 5. The van der Waals surface area contributed by atoms with Crippen LogP contribution in [-0.2, 0) is 19.3 Å². The van der Waals surface area contributed by atoms with Crippen LogP contribution in [0, 0.1) is 5.82 Å². The summed E-state index contributed by atoms with van der Waals surface area (Å²) in [4.78, 5) is 8.82. The predicted octanol–water partition coefficient (Wildman–Crippen LogP) is 2.42. The molecule has 10 nitrogen and oxygen atoms in total. The van der Waals surface area contributed by atoms with E-state index in [4.69, 9.17) is 10.5 Å². The van der Waals surface area contributed by atoms with Crippen molar-refractivity contribution >= 4 is 22.5 Å². The summed E-state index contributed by atoms with van der Waals surface area (Å²) in [7, 11) is 1.42. The summed E-state index contributed by atoms with van der Waals surface area (Å²) < 4.78 is 48.9. The number of anilines is 1. The third-order valence-corrected chi connectivity index (χ3v) is 7.02. The van der Waals surface area contributed by atoms with Gasteiger partial charge >= 0.3 is 0 Å². The van der Waals surface area contributed by atoms with Crippen LogP contribution in [0.4, 0.5) is 19.1 Å². The van der Waals surface area contributed by atoms with Crippen LogP contribution in [0.25, 0.3) is 16.6 Å². The highest BCUT2D eigenvalue weighted by Crippen LogP contribution is 2.46. The zero-order chi connectivity index (χ0) is 24.5. The molecule has 4 aromatic rings. The maximum atomic E-state index is 14.1. The minimum Gasteiger partial charge on any atom is -0.494 e. The molecule has 2 aliphatic rings. The molecule has 1 saturated carbocycles. The molecule has 0 unspecified atom stereocenters. The quantitative estimate of drug-likeness (QED) is 0.438. The van der Waals surface area contributed by atoms with Gasteiger partial charge in [-0.2, -0.15) is 4.52 Å². The van der Waals surface area contributed by atoms with Crippen molar-refractivity contribution in [2.75, 3.05) is 12.8 Å². The number of methoxy groups -OCH3 is 1. The summed E-state index contributed by atoms with van der Waals surface area (Å²) in [5, 5.41) is 24.3. The first-order valence-corrected chi connectivity index (χ1v) is 11.4. The first-order valence-electron chi connectivity index (χ1n) is 11.4. The number of hydrogen-bond donors (Lipinski definition) is 2. The lowest BCUT2D eigenvalue weighted by atomic mass is 9.81. The van der Waals surface area contributed by atoms with Gasteiger partial charge in [0, 0.05) is 31.7 Å². The van der Waals surface area contributed by atoms with Gasteiger partial charge in [0.15, 0.2) is 11.5 Å². The second kappa shape index (κ2) is 7.51. The Balaban J connectivity index is 1.23. The number of nitrogens with zero attached hydrogens (tertiary/aromatic N) is 7. The van der Waals surface area contributed by atoms with Crippen LogP contribution in [0.5, 0.6) is 5.75 Å². The van der Waals surface area contributed by atoms with E-state index in [1.54, 1.807) is 4.68 Å². The van der Waals surface area contributed by atoms with E-state index in [1.807, 2.05) is 0 Å². The van der Waals surface area contributed by atoms with Gasteiger partial charge in [-0.25, -0.2) is 27.8 Å². The number of benzene rings is 1. The van der Waals surface area contributed by atoms with Gasteiger partial charge in [-0.05, 0) is 25.3 Å². The summed E-state index contributed by atoms with van der Waals surface area (Å²) in [6.45, 7) is 0. The van der Waals surface area contributed by atoms with Gasteiger partial charge in [-0.1, -0.05) is 5.21 Å². The third kappa shape index (κ3) is 3.65. The first-order chi connectivity index (χ1) is 16.6. The van der Waals surface area contributed by atoms with Gasteiger partial charge in [-0.15, -0.1) is 10.2 Å². The largest absolute Gasteiger partial charge is 0.494 e. The summed E-state index contributed by atoms with van der Waals surface area (Å²) in [5.74, 6) is -2.39. The number of halogens is 3. The van der Waals surface area contributed by atoms with Crippen LogP contribution in [-0.4, -0.2) is 58.3 Å². The molecule has 0 amide bonds. The highest BCUT2D eigenvalue weighted by molar-refractivity contribution is 5.95. The Hall–Kier alpha value is -3.48. The van der Waals surface area contributed by atoms with Gasteiger partial charge < -0.3 is 15.6 Å². The van der Waals surface area contributed by atoms with Crippen LogP contribution in [0.3, 0.4) is 0 Å². The molecule has 6 rings (SSSR count). The molecule has 0 aliphatic heterocycles. The highest BCUT2D eigenvalue weighted by atomic mass is 19.3. The summed E-state index contributed by atoms with van der Waals surface area (Å²) >= 11 is 0. The molecule has 0 radical (unpaired) electrons. The summed E-state index contributed by atoms with van der Waals surface area (Å²) in [6.07, 6.45) is 1.45. The molecule has 1 atom stereocenters. The highest BCUT2D eigenvalue weighted by Gasteiger charge is 2.48. The molecular formula is C22H23F3N8O2. The Morgan fingerprint density at radius 1 is 1.26 bits per heavy atom. The molecule has 3 aromatic heterocycles. The molecule has 0 saturated heterocycles. The van der Waals surface area contributed by atoms with Crippen LogP contribution >= 0.6 is 0 Å². The molecule has 184 valence electrons. The number of ether oxygens (including phenoxy) is 1. The molecule has 13 heteroatoms. The topological polar surface area (TPSA) is 129 Å². The van der Waals surface area contributed by atoms with Crippen molar-refractivity contribution in [3.63, 3.8) is 0 Å². The van der Waals surface area contributed by atoms with E-state index in [2.05, 4.69) is 25.4 Å². The van der Waals surface area contributed by atoms with Gasteiger partial charge in [0.2, 0.25) is 5.95 Å². The monoisotopic (exact) mass is 488 g/mol. The Kier molecular flexibility index (Phi) is 4.72. The lowest BCUT2D eigenvalue weighted by molar-refractivity contribution is -0.108. The summed E-state index contributed by atoms with van der Waals surface area (Å²) in [6, 6.07) is 2.18. The first kappa shape index (κ1) is 22.0. The van der Waals surface area contributed by atoms with Crippen LogP contribution in [0.2, 0.25) is 0 Å². The molecule has 2 aliphatic carbocycles. The second-order valence-electron chi connectivity index (χ2n) is 9.48. The average Bonchev–Trinajstić information content (AvgIpc) is 3.41. The average molecular weight is 488 g/mol. The lowest BCUT2D eigenvalue weighted by Crippen LogP contribution is -2.40. The Bertz CT molecular complexity index is 1460. The zero-order valence-corrected chi connectivity index (χ0v) is 18.9. The van der Waals surface area contributed by atoms with E-state index in [0.29, 0.717) is 53.8 Å². The SMILES string of the molecule is COc1cc(F)cc2c1nc(N)n1nc(CC[C@@]3(O)CCc4c(nnn4C4CC(F)(F)C4)C3)nc21. The van der Waals surface area contributed by atoms with Crippen molar-refractivity contribution in [3.05, 3.63) is 35.2 Å². The predicted molar refractivity (Wildman–Crippen MR) is 118 cm³/mol. The number of aryl methyl sites for hydroxylation is 1. The van der Waals surface area contributed by atoms with Gasteiger partial charge in [0.1, 0.15) is 17.1 Å². The lowest BCUT2D eigenvalue weighted by Gasteiger charge is -2.37. The van der Waals surface area contributed by atoms with E-state index < -0.39 is 17.3 Å². The minimum atomic E-state index is -2.64. The van der Waals surface area contributed by atoms with Crippen molar-refractivity contribution in [1.82, 2.24) is 34.6 Å². The molecule has 0 bridgehead atoms. The Labute approximate surface area is 196 Å². The number of nitrogen functional groups attached to an aromatic ring is 1. The van der Waals surface area contributed by atoms with E-state index in [0.717, 1.165) is 5.69 Å². The van der Waals surface area contributed by atoms with Gasteiger partial charge in [-0.3, -0.25) is 0 Å². The maximum absolute atomic E-state index is 14.1. The standard InChI is InChI=1S/C22H23F3N8O2/c1-35-16-7-11(23)6-13-18(16)28-20(26)33-19(13)27-17(30-33)3-5-21(34)4-2-15-14(10-21)29-31-32(15)12-8-22(24,25)9-12/h6-7,12,34H,2-5,8-10H2,1H3,(H2,26,28)/t21-/m0/s1. The van der Waals surface area contributed by atoms with Crippen molar-refractivity contribution in [2.45, 2.75) is 62.5 Å². The van der Waals surface area contributed by atoms with Crippen molar-refractivity contribution in [1.29, 1.82) is 0 Å². The Morgan fingerprint density at radius 2 is 2.06 bits per heavy atom. The van der Waals surface area contributed by atoms with Gasteiger partial charge in [0.05, 0.1) is 35.5 Å². The smallest absolute Gasteiger partial charge is 0.252 e. The molecule has 0 spiro atoms. The number of fused-ring (bicyclic) bond motifs is 4. The number of alkyl halides is 2. The number of aromatic nitrogens is 7. The maximum Gasteiger partial charge on any atom is 0.252 e. The van der Waals surface area contributed by atoms with Crippen molar-refractivity contribution < 1.29 is 23.0 Å². The van der Waals surface area contributed by atoms with Gasteiger partial charge in [0.25, 0.3) is 5.92 Å². The van der Waals surface area contributed by atoms with Crippen molar-refractivity contribution in [2.24, 2.45) is 0 Å². The molecule has 3 N–H and O–H groups in total. The fraction of sp³-hybridized carbons (Fsp3) is 0.500. The Morgan fingerprint density at radius 3 is 2.80 bits per heavy atom. The van der Waals surface area contributed by atoms with E-state index in [1.165, 1.54) is 23.8 Å². The minimum absolute atomic E-state index is 0.0790. The fourth-order valence-electron chi connectivity index (χ4n) is 5.12. The molecule has 1 fully saturated rings. The third-order valence-electron chi connectivity index (χ3n) is 7.02. The van der Waals surface area contributed by atoms with Crippen LogP contribution in [0.1, 0.15) is 48.9 Å². The van der Waals surface area contributed by atoms with E-state index in [-0.39, 0.29) is 37.0 Å². The molecular weight excluding hydrogens is 465 g/mol. The van der Waals surface area contributed by atoms with Crippen LogP contribution < -0.4 is 10.5 Å². The number of nitrogens with two attached hydrogens (primary N) is 1. The van der Waals surface area contributed by atoms with E-state index >= 15 is 0 Å². The number of hydrogen-bond acceptors (Lipinski definition) is 8. The summed E-state index contributed by atoms with van der Waals surface area (Å²) in [5.41, 5.74) is 7.19. The molecule has 35 heavy (non-hydrogen) atoms. The molecule has 3 heterocycles.